The van der Waals surface area contributed by atoms with Crippen LogP contribution in [-0.4, -0.2) is 19.9 Å². The summed E-state index contributed by atoms with van der Waals surface area (Å²) in [6, 6.07) is 48.3. The number of hydrogen-bond acceptors (Lipinski definition) is 5. The maximum absolute atomic E-state index is 6.33. The van der Waals surface area contributed by atoms with E-state index in [4.69, 9.17) is 24.4 Å². The Morgan fingerprint density at radius 3 is 1.83 bits per heavy atom. The van der Waals surface area contributed by atoms with Crippen molar-refractivity contribution >= 4 is 49.0 Å². The fourth-order valence-corrected chi connectivity index (χ4v) is 6.86. The molecule has 0 spiro atoms. The molecule has 2 heterocycles. The average molecular weight is 669 g/mol. The summed E-state index contributed by atoms with van der Waals surface area (Å²) in [5.41, 5.74) is 7.21. The lowest BCUT2D eigenvalue weighted by atomic mass is 9.92. The van der Waals surface area contributed by atoms with Crippen molar-refractivity contribution in [1.29, 1.82) is 0 Å². The van der Waals surface area contributed by atoms with Crippen LogP contribution in [0.25, 0.3) is 94.3 Å². The highest BCUT2D eigenvalue weighted by atomic mass is 16.3. The van der Waals surface area contributed by atoms with Gasteiger partial charge in [-0.2, -0.15) is 0 Å². The molecule has 0 atom stereocenters. The molecule has 0 aliphatic rings. The van der Waals surface area contributed by atoms with Crippen molar-refractivity contribution in [3.63, 3.8) is 0 Å². The highest BCUT2D eigenvalue weighted by molar-refractivity contribution is 6.25. The first-order chi connectivity index (χ1) is 25.6. The Labute approximate surface area is 301 Å². The predicted octanol–water partition coefficient (Wildman–Crippen LogP) is 12.3. The molecular formula is C47H32N4O. The van der Waals surface area contributed by atoms with Crippen LogP contribution in [0.4, 0.5) is 0 Å². The molecule has 0 aliphatic carbocycles. The van der Waals surface area contributed by atoms with Crippen molar-refractivity contribution in [2.45, 2.75) is 6.92 Å². The summed E-state index contributed by atoms with van der Waals surface area (Å²) in [5.74, 6) is 2.33. The van der Waals surface area contributed by atoms with Crippen molar-refractivity contribution < 1.29 is 4.42 Å². The summed E-state index contributed by atoms with van der Waals surface area (Å²) in [6.07, 6.45) is 7.51. The van der Waals surface area contributed by atoms with Gasteiger partial charge in [0.05, 0.1) is 0 Å². The van der Waals surface area contributed by atoms with Crippen LogP contribution in [0.1, 0.15) is 12.7 Å². The van der Waals surface area contributed by atoms with Crippen LogP contribution in [0, 0.1) is 0 Å². The molecule has 0 radical (unpaired) electrons. The summed E-state index contributed by atoms with van der Waals surface area (Å²) in [7, 11) is 0. The Morgan fingerprint density at radius 1 is 0.500 bits per heavy atom. The minimum atomic E-state index is 0.556. The SMILES string of the molecule is C=C/C=C\C=C(/C)c1nc(-c2ccccc2)nc(-c2ccc3oc(-c4cccc(-c5ccc6c7ccccc7c7ccccc7c6c5)c4)nc3c2)n1. The van der Waals surface area contributed by atoms with Gasteiger partial charge in [-0.15, -0.1) is 0 Å². The van der Waals surface area contributed by atoms with Gasteiger partial charge in [0.25, 0.3) is 0 Å². The normalized spacial score (nSPS) is 12.1. The monoisotopic (exact) mass is 668 g/mol. The Hall–Kier alpha value is -6.98. The first kappa shape index (κ1) is 31.0. The minimum Gasteiger partial charge on any atom is -0.436 e. The second-order valence-electron chi connectivity index (χ2n) is 12.8. The summed E-state index contributed by atoms with van der Waals surface area (Å²) in [4.78, 5) is 19.5. The molecule has 9 rings (SSSR count). The standard InChI is InChI=1S/C47H32N4O/c1-3-4-6-14-30(2)44-49-45(31-15-7-5-8-16-31)51-46(50-44)34-24-26-43-42(29-34)48-47(52-43)35-18-13-17-32(27-35)33-23-25-40-38-21-10-9-19-36(38)37-20-11-12-22-39(37)41(40)28-33/h3-29H,1H2,2H3/b6-4-,30-14+. The number of allylic oxidation sites excluding steroid dienone is 5. The van der Waals surface area contributed by atoms with Gasteiger partial charge in [0.1, 0.15) is 5.52 Å². The smallest absolute Gasteiger partial charge is 0.227 e. The molecule has 0 fully saturated rings. The molecule has 7 aromatic carbocycles. The lowest BCUT2D eigenvalue weighted by Crippen LogP contribution is -2.01. The van der Waals surface area contributed by atoms with E-state index in [1.54, 1.807) is 6.08 Å². The highest BCUT2D eigenvalue weighted by Gasteiger charge is 2.16. The van der Waals surface area contributed by atoms with Gasteiger partial charge < -0.3 is 4.42 Å². The third kappa shape index (κ3) is 5.64. The number of hydrogen-bond donors (Lipinski definition) is 0. The molecule has 5 heteroatoms. The quantitative estimate of drug-likeness (QED) is 0.125. The second kappa shape index (κ2) is 13.0. The van der Waals surface area contributed by atoms with E-state index >= 15 is 0 Å². The number of nitrogens with zero attached hydrogens (tertiary/aromatic N) is 4. The van der Waals surface area contributed by atoms with E-state index in [1.165, 1.54) is 32.3 Å². The van der Waals surface area contributed by atoms with E-state index in [0.717, 1.165) is 38.9 Å². The molecule has 0 unspecified atom stereocenters. The van der Waals surface area contributed by atoms with Crippen LogP contribution in [0.5, 0.6) is 0 Å². The van der Waals surface area contributed by atoms with Crippen molar-refractivity contribution in [2.24, 2.45) is 0 Å². The first-order valence-electron chi connectivity index (χ1n) is 17.3. The largest absolute Gasteiger partial charge is 0.436 e. The van der Waals surface area contributed by atoms with Crippen LogP contribution < -0.4 is 0 Å². The molecule has 9 aromatic rings. The van der Waals surface area contributed by atoms with Crippen LogP contribution in [0.2, 0.25) is 0 Å². The number of rotatable bonds is 7. The first-order valence-corrected chi connectivity index (χ1v) is 17.3. The molecule has 5 nitrogen and oxygen atoms in total. The zero-order chi connectivity index (χ0) is 35.0. The zero-order valence-corrected chi connectivity index (χ0v) is 28.5. The number of benzene rings is 7. The van der Waals surface area contributed by atoms with Crippen molar-refractivity contribution in [1.82, 2.24) is 19.9 Å². The van der Waals surface area contributed by atoms with E-state index in [1.807, 2.05) is 79.7 Å². The summed E-state index contributed by atoms with van der Waals surface area (Å²) >= 11 is 0. The van der Waals surface area contributed by atoms with E-state index in [9.17, 15) is 0 Å². The van der Waals surface area contributed by atoms with Gasteiger partial charge in [-0.1, -0.05) is 134 Å². The van der Waals surface area contributed by atoms with Gasteiger partial charge in [0, 0.05) is 16.7 Å². The topological polar surface area (TPSA) is 64.7 Å². The van der Waals surface area contributed by atoms with Gasteiger partial charge in [-0.25, -0.2) is 19.9 Å². The fraction of sp³-hybridized carbons (Fsp3) is 0.0213. The third-order valence-electron chi connectivity index (χ3n) is 9.45. The Kier molecular flexibility index (Phi) is 7.79. The van der Waals surface area contributed by atoms with E-state index in [0.29, 0.717) is 28.9 Å². The van der Waals surface area contributed by atoms with Gasteiger partial charge in [-0.05, 0) is 92.3 Å². The van der Waals surface area contributed by atoms with Crippen molar-refractivity contribution in [2.75, 3.05) is 0 Å². The molecule has 246 valence electrons. The predicted molar refractivity (Wildman–Crippen MR) is 215 cm³/mol. The lowest BCUT2D eigenvalue weighted by Gasteiger charge is -2.12. The molecule has 0 N–H and O–H groups in total. The van der Waals surface area contributed by atoms with Crippen molar-refractivity contribution in [3.05, 3.63) is 176 Å². The van der Waals surface area contributed by atoms with E-state index in [-0.39, 0.29) is 0 Å². The second-order valence-corrected chi connectivity index (χ2v) is 12.8. The van der Waals surface area contributed by atoms with Gasteiger partial charge in [0.2, 0.25) is 5.89 Å². The molecule has 0 aliphatic heterocycles. The fourth-order valence-electron chi connectivity index (χ4n) is 6.86. The van der Waals surface area contributed by atoms with Crippen LogP contribution >= 0.6 is 0 Å². The lowest BCUT2D eigenvalue weighted by molar-refractivity contribution is 0.620. The van der Waals surface area contributed by atoms with Crippen LogP contribution in [0.3, 0.4) is 0 Å². The summed E-state index contributed by atoms with van der Waals surface area (Å²) < 4.78 is 6.33. The number of fused-ring (bicyclic) bond motifs is 7. The maximum atomic E-state index is 6.33. The molecule has 0 saturated heterocycles. The Morgan fingerprint density at radius 2 is 1.10 bits per heavy atom. The molecule has 2 aromatic heterocycles. The van der Waals surface area contributed by atoms with Gasteiger partial charge in [0.15, 0.2) is 23.1 Å². The van der Waals surface area contributed by atoms with Gasteiger partial charge in [-0.3, -0.25) is 0 Å². The van der Waals surface area contributed by atoms with E-state index < -0.39 is 0 Å². The Balaban J connectivity index is 1.10. The zero-order valence-electron chi connectivity index (χ0n) is 28.5. The Bertz CT molecular complexity index is 2850. The molecule has 0 amide bonds. The molecule has 0 saturated carbocycles. The maximum Gasteiger partial charge on any atom is 0.227 e. The van der Waals surface area contributed by atoms with Gasteiger partial charge >= 0.3 is 0 Å². The van der Waals surface area contributed by atoms with E-state index in [2.05, 4.69) is 91.5 Å². The number of oxazole rings is 1. The molecule has 52 heavy (non-hydrogen) atoms. The summed E-state index contributed by atoms with van der Waals surface area (Å²) in [6.45, 7) is 5.75. The van der Waals surface area contributed by atoms with Crippen LogP contribution in [-0.2, 0) is 0 Å². The average Bonchev–Trinajstić information content (AvgIpc) is 3.65. The summed E-state index contributed by atoms with van der Waals surface area (Å²) in [5, 5.41) is 7.54. The van der Waals surface area contributed by atoms with Crippen molar-refractivity contribution in [3.8, 4) is 45.4 Å². The van der Waals surface area contributed by atoms with Crippen LogP contribution in [0.15, 0.2) is 175 Å². The number of aromatic nitrogens is 4. The molecular weight excluding hydrogens is 637 g/mol. The minimum absolute atomic E-state index is 0.556. The highest BCUT2D eigenvalue weighted by Crippen LogP contribution is 2.38. The molecule has 0 bridgehead atoms. The third-order valence-corrected chi connectivity index (χ3v) is 9.45.